The summed E-state index contributed by atoms with van der Waals surface area (Å²) in [7, 11) is 0. The van der Waals surface area contributed by atoms with Crippen LogP contribution in [0.1, 0.15) is 78.5 Å². The molecule has 0 atom stereocenters. The molecular formula is C27H30N4O3S. The topological polar surface area (TPSA) is 92.3 Å². The predicted molar refractivity (Wildman–Crippen MR) is 137 cm³/mol. The van der Waals surface area contributed by atoms with E-state index in [9.17, 15) is 14.4 Å². The second-order valence-electron chi connectivity index (χ2n) is 8.69. The average Bonchev–Trinajstić information content (AvgIpc) is 3.44. The number of nitrogens with one attached hydrogen (secondary N) is 1. The Bertz CT molecular complexity index is 1130. The number of nitrogens with zero attached hydrogens (tertiary/aromatic N) is 3. The molecule has 0 unspecified atom stereocenters. The van der Waals surface area contributed by atoms with E-state index in [0.717, 1.165) is 62.8 Å². The monoisotopic (exact) mass is 490 g/mol. The van der Waals surface area contributed by atoms with Crippen molar-refractivity contribution in [2.45, 2.75) is 57.8 Å². The molecule has 2 aromatic heterocycles. The molecule has 1 aliphatic heterocycles. The van der Waals surface area contributed by atoms with Crippen molar-refractivity contribution < 1.29 is 14.4 Å². The molecule has 0 aliphatic carbocycles. The van der Waals surface area contributed by atoms with E-state index < -0.39 is 0 Å². The number of carbonyl (C=O) groups excluding carboxylic acids is 3. The van der Waals surface area contributed by atoms with Gasteiger partial charge in [-0.1, -0.05) is 56.7 Å². The van der Waals surface area contributed by atoms with E-state index in [-0.39, 0.29) is 17.7 Å². The van der Waals surface area contributed by atoms with Crippen molar-refractivity contribution in [3.05, 3.63) is 65.2 Å². The molecule has 1 aliphatic rings. The van der Waals surface area contributed by atoms with Crippen LogP contribution in [0.25, 0.3) is 11.4 Å². The second-order valence-corrected chi connectivity index (χ2v) is 9.55. The van der Waals surface area contributed by atoms with E-state index >= 15 is 0 Å². The predicted octanol–water partition coefficient (Wildman–Crippen LogP) is 5.95. The minimum atomic E-state index is -0.168. The molecule has 7 nitrogen and oxygen atoms in total. The number of rotatable bonds is 13. The lowest BCUT2D eigenvalue weighted by Crippen LogP contribution is -2.30. The maximum Gasteiger partial charge on any atom is 0.261 e. The first kappa shape index (κ1) is 24.7. The number of thiazole rings is 1. The van der Waals surface area contributed by atoms with Crippen LogP contribution in [0.3, 0.4) is 0 Å². The van der Waals surface area contributed by atoms with E-state index in [0.29, 0.717) is 29.2 Å². The molecule has 3 aromatic rings. The van der Waals surface area contributed by atoms with Crippen LogP contribution in [0.2, 0.25) is 0 Å². The van der Waals surface area contributed by atoms with Crippen LogP contribution < -0.4 is 5.32 Å². The summed E-state index contributed by atoms with van der Waals surface area (Å²) in [5.74, 6) is -0.337. The number of benzene rings is 1. The van der Waals surface area contributed by atoms with Crippen LogP contribution in [-0.4, -0.2) is 39.1 Å². The molecule has 35 heavy (non-hydrogen) atoms. The summed E-state index contributed by atoms with van der Waals surface area (Å²) >= 11 is 1.41. The fourth-order valence-corrected chi connectivity index (χ4v) is 4.92. The van der Waals surface area contributed by atoms with Crippen LogP contribution in [0, 0.1) is 0 Å². The standard InChI is InChI=1S/C27H30N4O3S/c32-24(30-27-29-23(19-35-27)22-15-10-11-17-28-22)16-7-5-3-1-2-4-6-12-18-31-25(33)20-13-8-9-14-21(20)26(31)34/h8-11,13-15,17,19H,1-7,12,16,18H2,(H,29,30,32). The number of carbonyl (C=O) groups is 3. The first-order valence-electron chi connectivity index (χ1n) is 12.3. The van der Waals surface area contributed by atoms with E-state index in [1.54, 1.807) is 30.5 Å². The Kier molecular flexibility index (Phi) is 8.73. The second kappa shape index (κ2) is 12.4. The van der Waals surface area contributed by atoms with Crippen molar-refractivity contribution in [3.63, 3.8) is 0 Å². The summed E-state index contributed by atoms with van der Waals surface area (Å²) in [6.45, 7) is 0.490. The van der Waals surface area contributed by atoms with Crippen molar-refractivity contribution in [3.8, 4) is 11.4 Å². The Morgan fingerprint density at radius 3 is 2.09 bits per heavy atom. The Hall–Kier alpha value is -3.39. The van der Waals surface area contributed by atoms with Gasteiger partial charge in [0.05, 0.1) is 16.8 Å². The van der Waals surface area contributed by atoms with Gasteiger partial charge in [-0.25, -0.2) is 4.98 Å². The molecule has 1 aromatic carbocycles. The Morgan fingerprint density at radius 1 is 0.800 bits per heavy atom. The highest BCUT2D eigenvalue weighted by molar-refractivity contribution is 7.14. The van der Waals surface area contributed by atoms with Crippen LogP contribution >= 0.6 is 11.3 Å². The third-order valence-corrected chi connectivity index (χ3v) is 6.85. The van der Waals surface area contributed by atoms with Gasteiger partial charge < -0.3 is 5.32 Å². The zero-order valence-electron chi connectivity index (χ0n) is 19.7. The SMILES string of the molecule is O=C(CCCCCCCCCCN1C(=O)c2ccccc2C1=O)Nc1nc(-c2ccccn2)cs1. The molecule has 0 saturated heterocycles. The highest BCUT2D eigenvalue weighted by Crippen LogP contribution is 2.24. The molecule has 8 heteroatoms. The van der Waals surface area contributed by atoms with E-state index in [2.05, 4.69) is 15.3 Å². The van der Waals surface area contributed by atoms with Gasteiger partial charge in [-0.2, -0.15) is 0 Å². The van der Waals surface area contributed by atoms with Gasteiger partial charge in [0.15, 0.2) is 5.13 Å². The first-order chi connectivity index (χ1) is 17.1. The van der Waals surface area contributed by atoms with Crippen LogP contribution in [0.15, 0.2) is 54.0 Å². The number of pyridine rings is 1. The minimum absolute atomic E-state index is 0.0000728. The summed E-state index contributed by atoms with van der Waals surface area (Å²) in [6.07, 6.45) is 10.4. The molecule has 3 amide bonds. The Morgan fingerprint density at radius 2 is 1.43 bits per heavy atom. The molecule has 0 saturated carbocycles. The van der Waals surface area contributed by atoms with Gasteiger partial charge in [-0.3, -0.25) is 24.3 Å². The number of imide groups is 1. The van der Waals surface area contributed by atoms with Crippen molar-refractivity contribution in [1.29, 1.82) is 0 Å². The molecule has 3 heterocycles. The zero-order valence-corrected chi connectivity index (χ0v) is 20.6. The summed E-state index contributed by atoms with van der Waals surface area (Å²) in [4.78, 5) is 47.0. The lowest BCUT2D eigenvalue weighted by molar-refractivity contribution is -0.116. The van der Waals surface area contributed by atoms with Crippen molar-refractivity contribution in [2.24, 2.45) is 0 Å². The summed E-state index contributed by atoms with van der Waals surface area (Å²) < 4.78 is 0. The molecule has 4 rings (SSSR count). The number of unbranched alkanes of at least 4 members (excludes halogenated alkanes) is 7. The lowest BCUT2D eigenvalue weighted by atomic mass is 10.1. The number of aromatic nitrogens is 2. The fraction of sp³-hybridized carbons (Fsp3) is 0.370. The van der Waals surface area contributed by atoms with Gasteiger partial charge >= 0.3 is 0 Å². The summed E-state index contributed by atoms with van der Waals surface area (Å²) in [6, 6.07) is 12.7. The summed E-state index contributed by atoms with van der Waals surface area (Å²) in [5.41, 5.74) is 2.61. The van der Waals surface area contributed by atoms with Crippen LogP contribution in [-0.2, 0) is 4.79 Å². The number of hydrogen-bond acceptors (Lipinski definition) is 6. The zero-order chi connectivity index (χ0) is 24.5. The van der Waals surface area contributed by atoms with Gasteiger partial charge in [0.25, 0.3) is 11.8 Å². The molecule has 0 radical (unpaired) electrons. The summed E-state index contributed by atoms with van der Waals surface area (Å²) in [5, 5.41) is 5.39. The number of fused-ring (bicyclic) bond motifs is 1. The first-order valence-corrected chi connectivity index (χ1v) is 13.1. The van der Waals surface area contributed by atoms with E-state index in [4.69, 9.17) is 0 Å². The number of amides is 3. The van der Waals surface area contributed by atoms with Crippen LogP contribution in [0.5, 0.6) is 0 Å². The fourth-order valence-electron chi connectivity index (χ4n) is 4.20. The van der Waals surface area contributed by atoms with Gasteiger partial charge in [0.2, 0.25) is 5.91 Å². The van der Waals surface area contributed by atoms with E-state index in [1.165, 1.54) is 16.2 Å². The molecule has 0 fully saturated rings. The lowest BCUT2D eigenvalue weighted by Gasteiger charge is -2.13. The molecule has 0 spiro atoms. The van der Waals surface area contributed by atoms with Crippen LogP contribution in [0.4, 0.5) is 5.13 Å². The molecule has 0 bridgehead atoms. The smallest absolute Gasteiger partial charge is 0.261 e. The van der Waals surface area contributed by atoms with Gasteiger partial charge in [0, 0.05) is 24.5 Å². The van der Waals surface area contributed by atoms with Crippen molar-refractivity contribution in [2.75, 3.05) is 11.9 Å². The third kappa shape index (κ3) is 6.60. The van der Waals surface area contributed by atoms with E-state index in [1.807, 2.05) is 23.6 Å². The third-order valence-electron chi connectivity index (χ3n) is 6.09. The normalized spacial score (nSPS) is 12.7. The minimum Gasteiger partial charge on any atom is -0.302 e. The maximum absolute atomic E-state index is 12.4. The molecular weight excluding hydrogens is 460 g/mol. The quantitative estimate of drug-likeness (QED) is 0.236. The number of hydrogen-bond donors (Lipinski definition) is 1. The Balaban J connectivity index is 1.02. The maximum atomic E-state index is 12.4. The Labute approximate surface area is 209 Å². The molecule has 182 valence electrons. The average molecular weight is 491 g/mol. The van der Waals surface area contributed by atoms with Gasteiger partial charge in [-0.05, 0) is 37.1 Å². The van der Waals surface area contributed by atoms with Gasteiger partial charge in [-0.15, -0.1) is 11.3 Å². The largest absolute Gasteiger partial charge is 0.302 e. The molecule has 1 N–H and O–H groups in total. The van der Waals surface area contributed by atoms with Crippen molar-refractivity contribution >= 4 is 34.2 Å². The number of anilines is 1. The van der Waals surface area contributed by atoms with Gasteiger partial charge in [0.1, 0.15) is 5.69 Å². The highest BCUT2D eigenvalue weighted by atomic mass is 32.1. The van der Waals surface area contributed by atoms with Crippen molar-refractivity contribution in [1.82, 2.24) is 14.9 Å². The highest BCUT2D eigenvalue weighted by Gasteiger charge is 2.34.